The van der Waals surface area contributed by atoms with Crippen molar-refractivity contribution in [2.75, 3.05) is 39.9 Å². The molecule has 14 nitrogen and oxygen atoms in total. The lowest BCUT2D eigenvalue weighted by atomic mass is 9.70. The predicted molar refractivity (Wildman–Crippen MR) is 274 cm³/mol. The number of aromatic nitrogens is 4. The van der Waals surface area contributed by atoms with Crippen LogP contribution < -0.4 is 15.4 Å². The molecule has 4 aromatic carbocycles. The highest BCUT2D eigenvalue weighted by atomic mass is 19.1. The SMILES string of the molecule is CCCCC1(c2ccccc2)CN(C(=O)[C@@H](Cc2ccc(OC)cc2)NC(=O)CCc2c[nH]cn2)C1.CCCCOC1(c2ccc(F)cc2)CN(C(=O)[C@@H](Cc2cccc(F)c2)NC(=O)CCc2c[nH]cn2)C1. The number of imidazole rings is 2. The molecule has 8 rings (SSSR count). The Morgan fingerprint density at radius 3 is 1.77 bits per heavy atom. The van der Waals surface area contributed by atoms with E-state index in [1.807, 2.05) is 35.2 Å². The van der Waals surface area contributed by atoms with E-state index in [0.29, 0.717) is 44.5 Å². The number of methoxy groups -OCH3 is 1. The summed E-state index contributed by atoms with van der Waals surface area (Å²) in [6.45, 7) is 6.71. The Labute approximate surface area is 426 Å². The van der Waals surface area contributed by atoms with Gasteiger partial charge in [0.1, 0.15) is 35.1 Å². The monoisotopic (exact) mass is 999 g/mol. The van der Waals surface area contributed by atoms with Crippen LogP contribution in [0.2, 0.25) is 0 Å². The minimum Gasteiger partial charge on any atom is -0.497 e. The van der Waals surface area contributed by atoms with Gasteiger partial charge in [0, 0.05) is 63.2 Å². The fourth-order valence-corrected chi connectivity index (χ4v) is 9.49. The van der Waals surface area contributed by atoms with Gasteiger partial charge in [-0.05, 0) is 84.3 Å². The summed E-state index contributed by atoms with van der Waals surface area (Å²) in [6.07, 6.45) is 13.8. The van der Waals surface area contributed by atoms with Crippen LogP contribution in [0.1, 0.15) is 92.4 Å². The van der Waals surface area contributed by atoms with Crippen molar-refractivity contribution in [2.45, 2.75) is 108 Å². The number of aryl methyl sites for hydroxylation is 2. The number of amides is 4. The quantitative estimate of drug-likeness (QED) is 0.0442. The molecule has 16 heteroatoms. The van der Waals surface area contributed by atoms with Gasteiger partial charge in [0.05, 0.1) is 44.2 Å². The highest BCUT2D eigenvalue weighted by molar-refractivity contribution is 5.89. The molecular formula is C57H68F2N8O6. The summed E-state index contributed by atoms with van der Waals surface area (Å²) < 4.78 is 38.9. The molecule has 73 heavy (non-hydrogen) atoms. The number of hydrogen-bond donors (Lipinski definition) is 4. The molecule has 0 bridgehead atoms. The van der Waals surface area contributed by atoms with Crippen LogP contribution in [0.25, 0.3) is 0 Å². The molecule has 2 saturated heterocycles. The van der Waals surface area contributed by atoms with Crippen molar-refractivity contribution < 1.29 is 37.4 Å². The molecule has 2 aliphatic rings. The van der Waals surface area contributed by atoms with Crippen LogP contribution in [-0.4, -0.2) is 105 Å². The second kappa shape index (κ2) is 26.0. The second-order valence-electron chi connectivity index (χ2n) is 19.1. The number of nitrogens with one attached hydrogen (secondary N) is 4. The number of carbonyl (C=O) groups is 4. The average molecular weight is 999 g/mol. The predicted octanol–water partition coefficient (Wildman–Crippen LogP) is 7.95. The van der Waals surface area contributed by atoms with Gasteiger partial charge in [-0.15, -0.1) is 0 Å². The number of ether oxygens (including phenoxy) is 2. The minimum absolute atomic E-state index is 0.0123. The zero-order chi connectivity index (χ0) is 51.6. The molecule has 0 spiro atoms. The van der Waals surface area contributed by atoms with Gasteiger partial charge in [-0.3, -0.25) is 19.2 Å². The lowest BCUT2D eigenvalue weighted by Crippen LogP contribution is -2.66. The Balaban J connectivity index is 0.000000214. The number of rotatable bonds is 24. The summed E-state index contributed by atoms with van der Waals surface area (Å²) in [6, 6.07) is 28.8. The molecule has 0 aliphatic carbocycles. The second-order valence-corrected chi connectivity index (χ2v) is 19.1. The number of unbranched alkanes of at least 4 members (excludes halogenated alkanes) is 2. The summed E-state index contributed by atoms with van der Waals surface area (Å²) in [5, 5.41) is 5.86. The highest BCUT2D eigenvalue weighted by Crippen LogP contribution is 2.40. The molecule has 4 N–H and O–H groups in total. The van der Waals surface area contributed by atoms with Crippen molar-refractivity contribution >= 4 is 23.6 Å². The van der Waals surface area contributed by atoms with E-state index in [1.54, 1.807) is 61.3 Å². The van der Waals surface area contributed by atoms with Crippen molar-refractivity contribution in [3.8, 4) is 5.75 Å². The fraction of sp³-hybridized carbons (Fsp3) is 0.404. The summed E-state index contributed by atoms with van der Waals surface area (Å²) in [7, 11) is 1.63. The first-order chi connectivity index (χ1) is 35.4. The largest absolute Gasteiger partial charge is 0.497 e. The number of halogens is 2. The maximum atomic E-state index is 13.8. The van der Waals surface area contributed by atoms with Crippen molar-refractivity contribution in [3.63, 3.8) is 0 Å². The first-order valence-corrected chi connectivity index (χ1v) is 25.4. The van der Waals surface area contributed by atoms with Gasteiger partial charge in [0.25, 0.3) is 0 Å². The van der Waals surface area contributed by atoms with Crippen molar-refractivity contribution in [2.24, 2.45) is 0 Å². The molecule has 2 fully saturated rings. The van der Waals surface area contributed by atoms with Crippen LogP contribution in [0.15, 0.2) is 128 Å². The summed E-state index contributed by atoms with van der Waals surface area (Å²) >= 11 is 0. The van der Waals surface area contributed by atoms with E-state index < -0.39 is 23.5 Å². The molecule has 0 unspecified atom stereocenters. The van der Waals surface area contributed by atoms with Crippen molar-refractivity contribution in [3.05, 3.63) is 173 Å². The molecule has 4 amide bonds. The lowest BCUT2D eigenvalue weighted by Gasteiger charge is -2.52. The fourth-order valence-electron chi connectivity index (χ4n) is 9.49. The van der Waals surface area contributed by atoms with E-state index in [0.717, 1.165) is 60.4 Å². The number of carbonyl (C=O) groups excluding carboxylic acids is 4. The van der Waals surface area contributed by atoms with Gasteiger partial charge in [0.15, 0.2) is 0 Å². The number of H-pyrrole nitrogens is 2. The number of nitrogens with zero attached hydrogens (tertiary/aromatic N) is 4. The zero-order valence-electron chi connectivity index (χ0n) is 42.1. The number of aromatic amines is 2. The van der Waals surface area contributed by atoms with Crippen LogP contribution in [0.3, 0.4) is 0 Å². The van der Waals surface area contributed by atoms with E-state index in [2.05, 4.69) is 68.7 Å². The maximum absolute atomic E-state index is 13.8. The zero-order valence-corrected chi connectivity index (χ0v) is 42.1. The standard InChI is InChI=1S/C29H36N4O3.C28H32F2N4O3/c1-3-4-16-29(23-8-6-5-7-9-23)19-33(20-29)28(35)26(17-22-10-13-25(36-2)14-11-22)32-27(34)15-12-24-18-30-21-31-24;1-2-3-13-37-28(21-7-9-22(29)10-8-21)17-34(18-28)27(36)25(15-20-5-4-6-23(30)14-20)33-26(35)12-11-24-16-31-19-32-24/h5-11,13-14,18,21,26H,3-4,12,15-17,19-20H2,1-2H3,(H,30,31)(H,32,34);4-10,14,16,19,25H,2-3,11-13,15,17-18H2,1H3,(H,31,32)(H,33,35)/t26-;25-/m11/s1. The maximum Gasteiger partial charge on any atom is 0.245 e. The molecule has 4 heterocycles. The Hall–Kier alpha value is -7.20. The van der Waals surface area contributed by atoms with Crippen molar-refractivity contribution in [1.29, 1.82) is 0 Å². The first kappa shape index (κ1) is 53.6. The van der Waals surface area contributed by atoms with Crippen LogP contribution in [-0.2, 0) is 60.6 Å². The Morgan fingerprint density at radius 1 is 0.658 bits per heavy atom. The number of likely N-dealkylation sites (tertiary alicyclic amines) is 2. The molecule has 0 saturated carbocycles. The number of benzene rings is 4. The molecule has 6 aromatic rings. The molecule has 0 radical (unpaired) electrons. The lowest BCUT2D eigenvalue weighted by molar-refractivity contribution is -0.175. The van der Waals surface area contributed by atoms with Crippen LogP contribution in [0.4, 0.5) is 8.78 Å². The third-order valence-corrected chi connectivity index (χ3v) is 13.7. The van der Waals surface area contributed by atoms with Crippen molar-refractivity contribution in [1.82, 2.24) is 40.4 Å². The molecule has 2 atom stereocenters. The third-order valence-electron chi connectivity index (χ3n) is 13.7. The Kier molecular flexibility index (Phi) is 19.1. The van der Waals surface area contributed by atoms with Crippen LogP contribution in [0.5, 0.6) is 5.75 Å². The summed E-state index contributed by atoms with van der Waals surface area (Å²) in [5.41, 5.74) is 4.51. The van der Waals surface area contributed by atoms with E-state index in [1.165, 1.54) is 29.8 Å². The Bertz CT molecular complexity index is 2660. The van der Waals surface area contributed by atoms with E-state index in [4.69, 9.17) is 9.47 Å². The molecule has 2 aromatic heterocycles. The minimum atomic E-state index is -0.865. The van der Waals surface area contributed by atoms with E-state index in [-0.39, 0.29) is 67.2 Å². The summed E-state index contributed by atoms with van der Waals surface area (Å²) in [5.74, 6) is -0.718. The van der Waals surface area contributed by atoms with Gasteiger partial charge in [-0.25, -0.2) is 18.7 Å². The highest BCUT2D eigenvalue weighted by Gasteiger charge is 2.49. The number of hydrogen-bond acceptors (Lipinski definition) is 8. The molecule has 2 aliphatic heterocycles. The summed E-state index contributed by atoms with van der Waals surface area (Å²) in [4.78, 5) is 70.4. The topological polar surface area (TPSA) is 175 Å². The normalized spacial score (nSPS) is 15.1. The van der Waals surface area contributed by atoms with E-state index in [9.17, 15) is 28.0 Å². The molecule has 386 valence electrons. The molecular weight excluding hydrogens is 931 g/mol. The van der Waals surface area contributed by atoms with E-state index >= 15 is 0 Å². The van der Waals surface area contributed by atoms with Gasteiger partial charge in [-0.2, -0.15) is 0 Å². The van der Waals surface area contributed by atoms with Gasteiger partial charge in [0.2, 0.25) is 23.6 Å². The third kappa shape index (κ3) is 14.7. The first-order valence-electron chi connectivity index (χ1n) is 25.4. The van der Waals surface area contributed by atoms with Gasteiger partial charge >= 0.3 is 0 Å². The van der Waals surface area contributed by atoms with Gasteiger partial charge in [-0.1, -0.05) is 99.8 Å². The smallest absolute Gasteiger partial charge is 0.245 e. The van der Waals surface area contributed by atoms with Gasteiger partial charge < -0.3 is 39.9 Å². The van der Waals surface area contributed by atoms with Crippen LogP contribution in [0, 0.1) is 11.6 Å². The Morgan fingerprint density at radius 2 is 1.23 bits per heavy atom. The average Bonchev–Trinajstić information content (AvgIpc) is 4.12. The van der Waals surface area contributed by atoms with Crippen LogP contribution >= 0.6 is 0 Å².